The van der Waals surface area contributed by atoms with Crippen molar-refractivity contribution in [2.45, 2.75) is 24.2 Å². The number of sulfonamides is 1. The smallest absolute Gasteiger partial charge is 0.293 e. The SMILES string of the molecule is COCCCCCNS(=O)(=O)c1ccc(N)c([N+](=O)[O-])c1. The van der Waals surface area contributed by atoms with E-state index in [1.54, 1.807) is 7.11 Å². The number of nitro benzene ring substituents is 1. The summed E-state index contributed by atoms with van der Waals surface area (Å²) in [5.41, 5.74) is 4.94. The molecule has 1 aromatic rings. The Morgan fingerprint density at radius 2 is 2.05 bits per heavy atom. The van der Waals surface area contributed by atoms with Crippen LogP contribution in [0.4, 0.5) is 11.4 Å². The standard InChI is InChI=1S/C12H19N3O5S/c1-20-8-4-2-3-7-14-21(18,19)10-5-6-11(13)12(9-10)15(16)17/h5-6,9,14H,2-4,7-8,13H2,1H3. The molecule has 0 aliphatic rings. The molecular weight excluding hydrogens is 298 g/mol. The van der Waals surface area contributed by atoms with E-state index in [9.17, 15) is 18.5 Å². The van der Waals surface area contributed by atoms with Gasteiger partial charge in [0.2, 0.25) is 10.0 Å². The Morgan fingerprint density at radius 1 is 1.33 bits per heavy atom. The molecule has 0 saturated carbocycles. The zero-order valence-corrected chi connectivity index (χ0v) is 12.6. The molecule has 0 aromatic heterocycles. The maximum Gasteiger partial charge on any atom is 0.293 e. The quantitative estimate of drug-likeness (QED) is 0.306. The number of nitrogens with zero attached hydrogens (tertiary/aromatic N) is 1. The summed E-state index contributed by atoms with van der Waals surface area (Å²) in [4.78, 5) is 9.88. The zero-order chi connectivity index (χ0) is 15.9. The third-order valence-corrected chi connectivity index (χ3v) is 4.28. The normalized spacial score (nSPS) is 11.5. The number of anilines is 1. The molecule has 0 aliphatic heterocycles. The summed E-state index contributed by atoms with van der Waals surface area (Å²) in [5, 5.41) is 10.8. The molecule has 0 amide bonds. The predicted octanol–water partition coefficient (Wildman–Crippen LogP) is 1.27. The van der Waals surface area contributed by atoms with Crippen LogP contribution < -0.4 is 10.5 Å². The number of nitrogens with one attached hydrogen (secondary N) is 1. The van der Waals surface area contributed by atoms with E-state index in [0.717, 1.165) is 18.9 Å². The molecule has 0 aliphatic carbocycles. The minimum absolute atomic E-state index is 0.0708. The van der Waals surface area contributed by atoms with Crippen LogP contribution in [-0.4, -0.2) is 33.6 Å². The van der Waals surface area contributed by atoms with E-state index in [1.165, 1.54) is 12.1 Å². The largest absolute Gasteiger partial charge is 0.393 e. The molecular formula is C12H19N3O5S. The van der Waals surface area contributed by atoms with E-state index in [-0.39, 0.29) is 17.1 Å². The molecule has 0 atom stereocenters. The van der Waals surface area contributed by atoms with Gasteiger partial charge in [-0.1, -0.05) is 0 Å². The molecule has 8 nitrogen and oxygen atoms in total. The molecule has 21 heavy (non-hydrogen) atoms. The number of hydrogen-bond acceptors (Lipinski definition) is 6. The summed E-state index contributed by atoms with van der Waals surface area (Å²) in [6.45, 7) is 0.904. The van der Waals surface area contributed by atoms with Crippen LogP contribution in [0.25, 0.3) is 0 Å². The van der Waals surface area contributed by atoms with E-state index < -0.39 is 20.6 Å². The van der Waals surface area contributed by atoms with Gasteiger partial charge in [0.15, 0.2) is 0 Å². The van der Waals surface area contributed by atoms with E-state index in [1.807, 2.05) is 0 Å². The molecule has 9 heteroatoms. The number of nitrogens with two attached hydrogens (primary N) is 1. The summed E-state index contributed by atoms with van der Waals surface area (Å²) in [6.07, 6.45) is 2.35. The second kappa shape index (κ2) is 7.91. The molecule has 0 bridgehead atoms. The van der Waals surface area contributed by atoms with Gasteiger partial charge in [0.25, 0.3) is 5.69 Å². The van der Waals surface area contributed by atoms with Crippen LogP contribution in [0.3, 0.4) is 0 Å². The van der Waals surface area contributed by atoms with E-state index in [4.69, 9.17) is 10.5 Å². The monoisotopic (exact) mass is 317 g/mol. The van der Waals surface area contributed by atoms with Crippen LogP contribution in [0.1, 0.15) is 19.3 Å². The zero-order valence-electron chi connectivity index (χ0n) is 11.7. The third-order valence-electron chi connectivity index (χ3n) is 2.83. The average Bonchev–Trinajstić information content (AvgIpc) is 2.42. The number of benzene rings is 1. The highest BCUT2D eigenvalue weighted by atomic mass is 32.2. The lowest BCUT2D eigenvalue weighted by molar-refractivity contribution is -0.384. The van der Waals surface area contributed by atoms with Crippen LogP contribution in [0.15, 0.2) is 23.1 Å². The Kier molecular flexibility index (Phi) is 6.53. The summed E-state index contributed by atoms with van der Waals surface area (Å²) in [7, 11) is -2.16. The van der Waals surface area contributed by atoms with Gasteiger partial charge in [-0.2, -0.15) is 0 Å². The first-order valence-electron chi connectivity index (χ1n) is 6.41. The molecule has 1 rings (SSSR count). The Balaban J connectivity index is 2.66. The van der Waals surface area contributed by atoms with Crippen molar-refractivity contribution in [3.8, 4) is 0 Å². The van der Waals surface area contributed by atoms with Crippen molar-refractivity contribution >= 4 is 21.4 Å². The van der Waals surface area contributed by atoms with E-state index >= 15 is 0 Å². The fourth-order valence-electron chi connectivity index (χ4n) is 1.69. The molecule has 118 valence electrons. The lowest BCUT2D eigenvalue weighted by atomic mass is 10.2. The van der Waals surface area contributed by atoms with Gasteiger partial charge in [0.05, 0.1) is 9.82 Å². The number of methoxy groups -OCH3 is 1. The first kappa shape index (κ1) is 17.3. The third kappa shape index (κ3) is 5.29. The Labute approximate surface area is 123 Å². The Hall–Kier alpha value is -1.71. The fourth-order valence-corrected chi connectivity index (χ4v) is 2.78. The summed E-state index contributed by atoms with van der Waals surface area (Å²) in [5.74, 6) is 0. The van der Waals surface area contributed by atoms with Gasteiger partial charge in [-0.15, -0.1) is 0 Å². The van der Waals surface area contributed by atoms with Crippen molar-refractivity contribution in [1.82, 2.24) is 4.72 Å². The summed E-state index contributed by atoms with van der Waals surface area (Å²) < 4.78 is 31.3. The lowest BCUT2D eigenvalue weighted by Gasteiger charge is -2.07. The number of rotatable bonds is 9. The number of nitro groups is 1. The van der Waals surface area contributed by atoms with Gasteiger partial charge in [-0.3, -0.25) is 10.1 Å². The van der Waals surface area contributed by atoms with Gasteiger partial charge in [0.1, 0.15) is 5.69 Å². The van der Waals surface area contributed by atoms with Crippen molar-refractivity contribution < 1.29 is 18.1 Å². The van der Waals surface area contributed by atoms with Crippen molar-refractivity contribution in [3.05, 3.63) is 28.3 Å². The minimum atomic E-state index is -3.77. The van der Waals surface area contributed by atoms with Crippen molar-refractivity contribution in [2.24, 2.45) is 0 Å². The highest BCUT2D eigenvalue weighted by molar-refractivity contribution is 7.89. The molecule has 0 radical (unpaired) electrons. The van der Waals surface area contributed by atoms with Crippen LogP contribution in [0.5, 0.6) is 0 Å². The second-order valence-corrected chi connectivity index (χ2v) is 6.20. The highest BCUT2D eigenvalue weighted by Crippen LogP contribution is 2.24. The van der Waals surface area contributed by atoms with Crippen molar-refractivity contribution in [3.63, 3.8) is 0 Å². The van der Waals surface area contributed by atoms with E-state index in [2.05, 4.69) is 4.72 Å². The number of hydrogen-bond donors (Lipinski definition) is 2. The van der Waals surface area contributed by atoms with Gasteiger partial charge in [-0.25, -0.2) is 13.1 Å². The Morgan fingerprint density at radius 3 is 2.67 bits per heavy atom. The molecule has 1 aromatic carbocycles. The maximum absolute atomic E-state index is 12.0. The van der Waals surface area contributed by atoms with Crippen molar-refractivity contribution in [2.75, 3.05) is 26.0 Å². The van der Waals surface area contributed by atoms with Crippen LogP contribution in [0, 0.1) is 10.1 Å². The average molecular weight is 317 g/mol. The molecule has 0 saturated heterocycles. The van der Waals surface area contributed by atoms with Gasteiger partial charge in [0, 0.05) is 26.3 Å². The highest BCUT2D eigenvalue weighted by Gasteiger charge is 2.19. The van der Waals surface area contributed by atoms with Gasteiger partial charge < -0.3 is 10.5 Å². The van der Waals surface area contributed by atoms with Gasteiger partial charge in [-0.05, 0) is 31.4 Å². The van der Waals surface area contributed by atoms with Gasteiger partial charge >= 0.3 is 0 Å². The summed E-state index contributed by atoms with van der Waals surface area (Å²) >= 11 is 0. The number of unbranched alkanes of at least 4 members (excludes halogenated alkanes) is 2. The second-order valence-electron chi connectivity index (χ2n) is 4.43. The summed E-state index contributed by atoms with van der Waals surface area (Å²) in [6, 6.07) is 3.42. The first-order valence-corrected chi connectivity index (χ1v) is 7.89. The Bertz CT molecular complexity index is 589. The molecule has 0 heterocycles. The molecule has 0 spiro atoms. The van der Waals surface area contributed by atoms with Crippen LogP contribution in [-0.2, 0) is 14.8 Å². The minimum Gasteiger partial charge on any atom is -0.393 e. The molecule has 0 unspecified atom stereocenters. The van der Waals surface area contributed by atoms with Crippen molar-refractivity contribution in [1.29, 1.82) is 0 Å². The predicted molar refractivity (Wildman–Crippen MR) is 78.4 cm³/mol. The number of nitrogen functional groups attached to an aromatic ring is 1. The molecule has 3 N–H and O–H groups in total. The van der Waals surface area contributed by atoms with Crippen LogP contribution >= 0.6 is 0 Å². The molecule has 0 fully saturated rings. The van der Waals surface area contributed by atoms with Crippen LogP contribution in [0.2, 0.25) is 0 Å². The maximum atomic E-state index is 12.0. The number of ether oxygens (including phenoxy) is 1. The fraction of sp³-hybridized carbons (Fsp3) is 0.500. The van der Waals surface area contributed by atoms with E-state index in [0.29, 0.717) is 13.0 Å². The first-order chi connectivity index (χ1) is 9.88. The topological polar surface area (TPSA) is 125 Å². The lowest BCUT2D eigenvalue weighted by Crippen LogP contribution is -2.25.